The molecule has 7 nitrogen and oxygen atoms in total. The van der Waals surface area contributed by atoms with Gasteiger partial charge in [0.25, 0.3) is 5.91 Å². The van der Waals surface area contributed by atoms with Crippen LogP contribution >= 0.6 is 0 Å². The van der Waals surface area contributed by atoms with Gasteiger partial charge in [0.15, 0.2) is 0 Å². The van der Waals surface area contributed by atoms with E-state index in [-0.39, 0.29) is 11.5 Å². The molecular weight excluding hydrogens is 354 g/mol. The van der Waals surface area contributed by atoms with E-state index in [1.54, 1.807) is 0 Å². The largest absolute Gasteiger partial charge is 0.373 e. The summed E-state index contributed by atoms with van der Waals surface area (Å²) in [4.78, 5) is 20.1. The van der Waals surface area contributed by atoms with E-state index in [0.717, 1.165) is 83.9 Å². The molecule has 3 saturated heterocycles. The van der Waals surface area contributed by atoms with Gasteiger partial charge in [0.05, 0.1) is 24.4 Å². The van der Waals surface area contributed by atoms with E-state index in [1.807, 2.05) is 29.5 Å². The van der Waals surface area contributed by atoms with Gasteiger partial charge in [0.1, 0.15) is 5.69 Å². The molecule has 1 aromatic heterocycles. The summed E-state index contributed by atoms with van der Waals surface area (Å²) >= 11 is 0. The Balaban J connectivity index is 1.37. The highest BCUT2D eigenvalue weighted by Crippen LogP contribution is 2.38. The number of piperidine rings is 1. The van der Waals surface area contributed by atoms with E-state index in [4.69, 9.17) is 4.74 Å². The third kappa shape index (κ3) is 4.11. The first-order chi connectivity index (χ1) is 13.5. The smallest absolute Gasteiger partial charge is 0.272 e. The molecule has 0 aromatic carbocycles. The summed E-state index contributed by atoms with van der Waals surface area (Å²) < 4.78 is 8.21. The van der Waals surface area contributed by atoms with E-state index in [1.165, 1.54) is 0 Å². The Kier molecular flexibility index (Phi) is 5.76. The SMILES string of the molecule is CCn1nc(C)cc1C(=O)N1CCCC2(CC(CN3CCN(C)CC3)CO2)C1. The Bertz CT molecular complexity index is 697. The van der Waals surface area contributed by atoms with Gasteiger partial charge in [-0.2, -0.15) is 5.10 Å². The van der Waals surface area contributed by atoms with Crippen LogP contribution in [0.15, 0.2) is 6.07 Å². The Labute approximate surface area is 168 Å². The van der Waals surface area contributed by atoms with Crippen LogP contribution in [0.2, 0.25) is 0 Å². The van der Waals surface area contributed by atoms with Crippen molar-refractivity contribution in [3.05, 3.63) is 17.5 Å². The molecule has 28 heavy (non-hydrogen) atoms. The third-order valence-corrected chi connectivity index (χ3v) is 6.65. The molecular formula is C21H35N5O2. The fourth-order valence-electron chi connectivity index (χ4n) is 5.13. The average molecular weight is 390 g/mol. The van der Waals surface area contributed by atoms with E-state index in [0.29, 0.717) is 11.6 Å². The number of piperazine rings is 1. The Hall–Kier alpha value is -1.44. The number of likely N-dealkylation sites (N-methyl/N-ethyl adjacent to an activating group) is 1. The molecule has 2 unspecified atom stereocenters. The van der Waals surface area contributed by atoms with Gasteiger partial charge in [-0.05, 0) is 52.1 Å². The molecule has 0 radical (unpaired) electrons. The summed E-state index contributed by atoms with van der Waals surface area (Å²) in [6.07, 6.45) is 3.17. The first kappa shape index (κ1) is 19.9. The number of aryl methyl sites for hydroxylation is 2. The number of hydrogen-bond acceptors (Lipinski definition) is 5. The number of ether oxygens (including phenoxy) is 1. The second-order valence-electron chi connectivity index (χ2n) is 8.99. The summed E-state index contributed by atoms with van der Waals surface area (Å²) in [7, 11) is 2.20. The third-order valence-electron chi connectivity index (χ3n) is 6.65. The number of aromatic nitrogens is 2. The summed E-state index contributed by atoms with van der Waals surface area (Å²) in [5, 5.41) is 4.45. The second-order valence-corrected chi connectivity index (χ2v) is 8.99. The first-order valence-corrected chi connectivity index (χ1v) is 10.9. The van der Waals surface area contributed by atoms with Crippen LogP contribution < -0.4 is 0 Å². The second kappa shape index (κ2) is 8.13. The van der Waals surface area contributed by atoms with Crippen molar-refractivity contribution in [1.29, 1.82) is 0 Å². The van der Waals surface area contributed by atoms with Crippen molar-refractivity contribution in [2.75, 3.05) is 59.5 Å². The lowest BCUT2D eigenvalue weighted by molar-refractivity contribution is -0.0453. The van der Waals surface area contributed by atoms with Gasteiger partial charge >= 0.3 is 0 Å². The van der Waals surface area contributed by atoms with Crippen molar-refractivity contribution < 1.29 is 9.53 Å². The highest BCUT2D eigenvalue weighted by atomic mass is 16.5. The molecule has 0 bridgehead atoms. The van der Waals surface area contributed by atoms with Crippen molar-refractivity contribution >= 4 is 5.91 Å². The van der Waals surface area contributed by atoms with Gasteiger partial charge in [0, 0.05) is 45.8 Å². The van der Waals surface area contributed by atoms with Crippen LogP contribution in [0.5, 0.6) is 0 Å². The minimum atomic E-state index is -0.142. The molecule has 0 aliphatic carbocycles. The zero-order chi connectivity index (χ0) is 19.7. The van der Waals surface area contributed by atoms with Crippen molar-refractivity contribution in [1.82, 2.24) is 24.5 Å². The molecule has 156 valence electrons. The van der Waals surface area contributed by atoms with Gasteiger partial charge in [0.2, 0.25) is 0 Å². The van der Waals surface area contributed by atoms with Gasteiger partial charge in [-0.3, -0.25) is 9.48 Å². The zero-order valence-electron chi connectivity index (χ0n) is 17.7. The number of amides is 1. The van der Waals surface area contributed by atoms with Crippen molar-refractivity contribution in [3.8, 4) is 0 Å². The predicted octanol–water partition coefficient (Wildman–Crippen LogP) is 1.47. The van der Waals surface area contributed by atoms with Crippen LogP contribution in [0.1, 0.15) is 42.4 Å². The van der Waals surface area contributed by atoms with Crippen LogP contribution in [-0.4, -0.2) is 95.5 Å². The summed E-state index contributed by atoms with van der Waals surface area (Å²) in [6, 6.07) is 1.92. The number of carbonyl (C=O) groups excluding carboxylic acids is 1. The molecule has 2 atom stereocenters. The lowest BCUT2D eigenvalue weighted by Gasteiger charge is -2.40. The molecule has 4 heterocycles. The fraction of sp³-hybridized carbons (Fsp3) is 0.810. The number of rotatable bonds is 4. The Morgan fingerprint density at radius 1 is 1.29 bits per heavy atom. The number of likely N-dealkylation sites (tertiary alicyclic amines) is 1. The molecule has 4 rings (SSSR count). The molecule has 0 N–H and O–H groups in total. The van der Waals surface area contributed by atoms with E-state index in [9.17, 15) is 4.79 Å². The maximum atomic E-state index is 13.2. The normalized spacial score (nSPS) is 29.7. The van der Waals surface area contributed by atoms with Crippen molar-refractivity contribution in [2.45, 2.75) is 45.3 Å². The maximum Gasteiger partial charge on any atom is 0.272 e. The zero-order valence-corrected chi connectivity index (χ0v) is 17.7. The van der Waals surface area contributed by atoms with Gasteiger partial charge in [-0.25, -0.2) is 0 Å². The standard InChI is InChI=1S/C21H35N5O2/c1-4-26-19(12-17(2)22-26)20(27)25-7-5-6-21(16-25)13-18(15-28-21)14-24-10-8-23(3)9-11-24/h12,18H,4-11,13-16H2,1-3H3. The average Bonchev–Trinajstić information content (AvgIpc) is 3.26. The highest BCUT2D eigenvalue weighted by Gasteiger charge is 2.45. The van der Waals surface area contributed by atoms with Crippen LogP contribution in [0.3, 0.4) is 0 Å². The quantitative estimate of drug-likeness (QED) is 0.781. The molecule has 1 spiro atoms. The Morgan fingerprint density at radius 3 is 2.82 bits per heavy atom. The molecule has 7 heteroatoms. The molecule has 3 fully saturated rings. The highest BCUT2D eigenvalue weighted by molar-refractivity contribution is 5.92. The van der Waals surface area contributed by atoms with Crippen LogP contribution in [0.4, 0.5) is 0 Å². The fourth-order valence-corrected chi connectivity index (χ4v) is 5.13. The topological polar surface area (TPSA) is 53.8 Å². The van der Waals surface area contributed by atoms with Gasteiger partial charge in [-0.15, -0.1) is 0 Å². The minimum absolute atomic E-state index is 0.104. The Morgan fingerprint density at radius 2 is 2.07 bits per heavy atom. The minimum Gasteiger partial charge on any atom is -0.373 e. The molecule has 1 aromatic rings. The number of nitrogens with zero attached hydrogens (tertiary/aromatic N) is 5. The van der Waals surface area contributed by atoms with Crippen LogP contribution in [0, 0.1) is 12.8 Å². The number of carbonyl (C=O) groups is 1. The summed E-state index contributed by atoms with van der Waals surface area (Å²) in [5.41, 5.74) is 1.47. The van der Waals surface area contributed by atoms with Crippen LogP contribution in [0.25, 0.3) is 0 Å². The van der Waals surface area contributed by atoms with Gasteiger partial charge in [-0.1, -0.05) is 0 Å². The van der Waals surface area contributed by atoms with Crippen molar-refractivity contribution in [3.63, 3.8) is 0 Å². The van der Waals surface area contributed by atoms with E-state index in [2.05, 4.69) is 21.9 Å². The first-order valence-electron chi connectivity index (χ1n) is 10.9. The predicted molar refractivity (Wildman–Crippen MR) is 109 cm³/mol. The maximum absolute atomic E-state index is 13.2. The molecule has 1 amide bonds. The molecule has 3 aliphatic heterocycles. The molecule has 3 aliphatic rings. The van der Waals surface area contributed by atoms with E-state index >= 15 is 0 Å². The lowest BCUT2D eigenvalue weighted by Crippen LogP contribution is -2.50. The monoisotopic (exact) mass is 389 g/mol. The van der Waals surface area contributed by atoms with Crippen molar-refractivity contribution in [2.24, 2.45) is 5.92 Å². The molecule has 0 saturated carbocycles. The lowest BCUT2D eigenvalue weighted by atomic mass is 9.86. The summed E-state index contributed by atoms with van der Waals surface area (Å²) in [5.74, 6) is 0.689. The summed E-state index contributed by atoms with van der Waals surface area (Å²) in [6.45, 7) is 12.8. The van der Waals surface area contributed by atoms with E-state index < -0.39 is 0 Å². The number of hydrogen-bond donors (Lipinski definition) is 0. The van der Waals surface area contributed by atoms with Crippen LogP contribution in [-0.2, 0) is 11.3 Å². The van der Waals surface area contributed by atoms with Gasteiger partial charge < -0.3 is 19.4 Å².